The molecule has 0 aromatic heterocycles. The van der Waals surface area contributed by atoms with Crippen LogP contribution in [0.25, 0.3) is 6.08 Å². The highest BCUT2D eigenvalue weighted by molar-refractivity contribution is 5.92. The van der Waals surface area contributed by atoms with Gasteiger partial charge in [-0.15, -0.1) is 12.4 Å². The summed E-state index contributed by atoms with van der Waals surface area (Å²) in [5, 5.41) is 3.06. The van der Waals surface area contributed by atoms with E-state index in [1.54, 1.807) is 39.5 Å². The molecule has 8 nitrogen and oxygen atoms in total. The van der Waals surface area contributed by atoms with Gasteiger partial charge in [0.2, 0.25) is 17.6 Å². The first-order chi connectivity index (χ1) is 15.0. The first-order valence-electron chi connectivity index (χ1n) is 10.8. The number of halogens is 1. The molecule has 2 aliphatic rings. The lowest BCUT2D eigenvalue weighted by atomic mass is 10.0. The molecular weight excluding hydrogens is 434 g/mol. The van der Waals surface area contributed by atoms with E-state index >= 15 is 0 Å². The van der Waals surface area contributed by atoms with E-state index in [1.807, 2.05) is 4.90 Å². The van der Waals surface area contributed by atoms with Crippen molar-refractivity contribution in [1.29, 1.82) is 0 Å². The fraction of sp³-hybridized carbons (Fsp3) is 0.565. The third-order valence-electron chi connectivity index (χ3n) is 5.87. The van der Waals surface area contributed by atoms with Gasteiger partial charge >= 0.3 is 0 Å². The topological polar surface area (TPSA) is 80.3 Å². The second kappa shape index (κ2) is 12.6. The van der Waals surface area contributed by atoms with E-state index in [0.717, 1.165) is 57.4 Å². The number of carbonyl (C=O) groups is 2. The summed E-state index contributed by atoms with van der Waals surface area (Å²) in [7, 11) is 4.67. The minimum atomic E-state index is -0.139. The molecule has 2 fully saturated rings. The van der Waals surface area contributed by atoms with Gasteiger partial charge in [-0.3, -0.25) is 14.5 Å². The number of nitrogens with zero attached hydrogens (tertiary/aromatic N) is 2. The summed E-state index contributed by atoms with van der Waals surface area (Å²) >= 11 is 0. The van der Waals surface area contributed by atoms with Crippen LogP contribution in [-0.2, 0) is 9.59 Å². The predicted octanol–water partition coefficient (Wildman–Crippen LogP) is 2.35. The molecule has 1 N–H and O–H groups in total. The van der Waals surface area contributed by atoms with Crippen LogP contribution < -0.4 is 19.5 Å². The van der Waals surface area contributed by atoms with E-state index in [0.29, 0.717) is 23.8 Å². The lowest BCUT2D eigenvalue weighted by Crippen LogP contribution is -2.47. The third-order valence-corrected chi connectivity index (χ3v) is 5.87. The molecule has 0 aliphatic carbocycles. The Kier molecular flexibility index (Phi) is 10.1. The largest absolute Gasteiger partial charge is 0.493 e. The Morgan fingerprint density at radius 2 is 1.59 bits per heavy atom. The number of methoxy groups -OCH3 is 3. The van der Waals surface area contributed by atoms with E-state index in [4.69, 9.17) is 14.2 Å². The Balaban J connectivity index is 0.00000363. The fourth-order valence-electron chi connectivity index (χ4n) is 4.11. The summed E-state index contributed by atoms with van der Waals surface area (Å²) in [5.74, 6) is 1.69. The monoisotopic (exact) mass is 467 g/mol. The Labute approximate surface area is 196 Å². The number of benzene rings is 1. The minimum Gasteiger partial charge on any atom is -0.493 e. The average Bonchev–Trinajstić information content (AvgIpc) is 3.33. The fourth-order valence-corrected chi connectivity index (χ4v) is 4.11. The van der Waals surface area contributed by atoms with Crippen LogP contribution in [-0.4, -0.2) is 81.7 Å². The van der Waals surface area contributed by atoms with Crippen LogP contribution in [0.4, 0.5) is 0 Å². The van der Waals surface area contributed by atoms with Crippen LogP contribution in [0.5, 0.6) is 17.2 Å². The van der Waals surface area contributed by atoms with Gasteiger partial charge in [-0.2, -0.15) is 0 Å². The molecule has 2 aliphatic heterocycles. The SMILES string of the molecule is COc1cc(/C=C/C(=O)NC2CCN(CC(=O)N3CCCC3)CC2)cc(OC)c1OC.Cl. The Morgan fingerprint density at radius 1 is 1.00 bits per heavy atom. The second-order valence-electron chi connectivity index (χ2n) is 7.94. The van der Waals surface area contributed by atoms with Crippen molar-refractivity contribution in [3.63, 3.8) is 0 Å². The second-order valence-corrected chi connectivity index (χ2v) is 7.94. The van der Waals surface area contributed by atoms with Gasteiger partial charge in [-0.25, -0.2) is 0 Å². The van der Waals surface area contributed by atoms with Gasteiger partial charge in [0, 0.05) is 38.3 Å². The highest BCUT2D eigenvalue weighted by Crippen LogP contribution is 2.38. The summed E-state index contributed by atoms with van der Waals surface area (Å²) in [5.41, 5.74) is 0.778. The molecule has 2 heterocycles. The van der Waals surface area contributed by atoms with Crippen molar-refractivity contribution in [3.8, 4) is 17.2 Å². The van der Waals surface area contributed by atoms with Crippen LogP contribution in [0.2, 0.25) is 0 Å². The molecule has 0 bridgehead atoms. The van der Waals surface area contributed by atoms with Gasteiger partial charge in [0.25, 0.3) is 0 Å². The molecule has 0 atom stereocenters. The number of piperidine rings is 1. The van der Waals surface area contributed by atoms with Crippen LogP contribution in [0.15, 0.2) is 18.2 Å². The summed E-state index contributed by atoms with van der Waals surface area (Å²) in [6.07, 6.45) is 7.16. The Morgan fingerprint density at radius 3 is 2.12 bits per heavy atom. The van der Waals surface area contributed by atoms with E-state index in [2.05, 4.69) is 10.2 Å². The maximum absolute atomic E-state index is 12.4. The standard InChI is InChI=1S/C23H33N3O5.ClH/c1-29-19-14-17(15-20(30-2)23(19)31-3)6-7-21(27)24-18-8-12-25(13-9-18)16-22(28)26-10-4-5-11-26;/h6-7,14-15,18H,4-5,8-13,16H2,1-3H3,(H,24,27);1H/b7-6+;. The van der Waals surface area contributed by atoms with E-state index in [9.17, 15) is 9.59 Å². The number of rotatable bonds is 8. The van der Waals surface area contributed by atoms with Crippen molar-refractivity contribution < 1.29 is 23.8 Å². The summed E-state index contributed by atoms with van der Waals surface area (Å²) in [6.45, 7) is 3.91. The Bertz CT molecular complexity index is 778. The lowest BCUT2D eigenvalue weighted by Gasteiger charge is -2.32. The summed E-state index contributed by atoms with van der Waals surface area (Å²) in [4.78, 5) is 28.8. The third kappa shape index (κ3) is 6.77. The molecule has 9 heteroatoms. The van der Waals surface area contributed by atoms with Crippen LogP contribution in [0.1, 0.15) is 31.2 Å². The molecule has 178 valence electrons. The number of nitrogens with one attached hydrogen (secondary N) is 1. The van der Waals surface area contributed by atoms with Gasteiger partial charge in [0.15, 0.2) is 11.5 Å². The van der Waals surface area contributed by atoms with Gasteiger partial charge in [0.05, 0.1) is 27.9 Å². The number of carbonyl (C=O) groups excluding carboxylic acids is 2. The summed E-state index contributed by atoms with van der Waals surface area (Å²) in [6, 6.07) is 3.71. The molecule has 1 aromatic rings. The summed E-state index contributed by atoms with van der Waals surface area (Å²) < 4.78 is 16.0. The van der Waals surface area contributed by atoms with Crippen LogP contribution in [0.3, 0.4) is 0 Å². The average molecular weight is 468 g/mol. The van der Waals surface area contributed by atoms with Crippen LogP contribution in [0, 0.1) is 0 Å². The van der Waals surface area contributed by atoms with Crippen molar-refractivity contribution in [1.82, 2.24) is 15.1 Å². The highest BCUT2D eigenvalue weighted by atomic mass is 35.5. The predicted molar refractivity (Wildman–Crippen MR) is 126 cm³/mol. The molecule has 0 radical (unpaired) electrons. The van der Waals surface area contributed by atoms with Crippen molar-refractivity contribution in [2.45, 2.75) is 31.7 Å². The zero-order chi connectivity index (χ0) is 22.2. The van der Waals surface area contributed by atoms with Gasteiger partial charge < -0.3 is 24.4 Å². The molecular formula is C23H34ClN3O5. The van der Waals surface area contributed by atoms with Gasteiger partial charge in [-0.1, -0.05) is 0 Å². The number of ether oxygens (including phenoxy) is 3. The molecule has 2 saturated heterocycles. The van der Waals surface area contributed by atoms with Crippen molar-refractivity contribution in [2.75, 3.05) is 54.1 Å². The molecule has 1 aromatic carbocycles. The molecule has 0 unspecified atom stereocenters. The van der Waals surface area contributed by atoms with Crippen molar-refractivity contribution >= 4 is 30.3 Å². The lowest BCUT2D eigenvalue weighted by molar-refractivity contribution is -0.131. The van der Waals surface area contributed by atoms with Gasteiger partial charge in [0.1, 0.15) is 0 Å². The number of amides is 2. The number of likely N-dealkylation sites (tertiary alicyclic amines) is 2. The Hall–Kier alpha value is -2.45. The normalized spacial score (nSPS) is 17.2. The maximum atomic E-state index is 12.4. The zero-order valence-corrected chi connectivity index (χ0v) is 19.9. The van der Waals surface area contributed by atoms with E-state index in [1.165, 1.54) is 6.08 Å². The quantitative estimate of drug-likeness (QED) is 0.591. The molecule has 2 amide bonds. The van der Waals surface area contributed by atoms with Gasteiger partial charge in [-0.05, 0) is 49.5 Å². The smallest absolute Gasteiger partial charge is 0.244 e. The van der Waals surface area contributed by atoms with E-state index < -0.39 is 0 Å². The van der Waals surface area contributed by atoms with Crippen molar-refractivity contribution in [2.24, 2.45) is 0 Å². The number of hydrogen-bond donors (Lipinski definition) is 1. The first-order valence-corrected chi connectivity index (χ1v) is 10.8. The highest BCUT2D eigenvalue weighted by Gasteiger charge is 2.24. The molecule has 0 saturated carbocycles. The first kappa shape index (κ1) is 25.8. The molecule has 0 spiro atoms. The maximum Gasteiger partial charge on any atom is 0.244 e. The van der Waals surface area contributed by atoms with E-state index in [-0.39, 0.29) is 30.3 Å². The van der Waals surface area contributed by atoms with Crippen LogP contribution >= 0.6 is 12.4 Å². The number of hydrogen-bond acceptors (Lipinski definition) is 6. The molecule has 3 rings (SSSR count). The van der Waals surface area contributed by atoms with Crippen molar-refractivity contribution in [3.05, 3.63) is 23.8 Å². The zero-order valence-electron chi connectivity index (χ0n) is 19.1. The minimum absolute atomic E-state index is 0. The molecule has 32 heavy (non-hydrogen) atoms.